The molecule has 1 aromatic rings. The molecule has 8 atom stereocenters. The first kappa shape index (κ1) is 26.5. The summed E-state index contributed by atoms with van der Waals surface area (Å²) in [5, 5.41) is 16.3. The van der Waals surface area contributed by atoms with E-state index in [9.17, 15) is 19.5 Å². The lowest BCUT2D eigenvalue weighted by atomic mass is 9.70. The minimum Gasteiger partial charge on any atom is -0.394 e. The zero-order chi connectivity index (χ0) is 25.5. The number of hydrogen-bond donors (Lipinski definition) is 3. The zero-order valence-electron chi connectivity index (χ0n) is 20.7. The number of rotatable bonds is 9. The normalized spacial score (nSPS) is 33.1. The molecule has 35 heavy (non-hydrogen) atoms. The number of amides is 3. The summed E-state index contributed by atoms with van der Waals surface area (Å²) in [6.45, 7) is 7.72. The first-order valence-electron chi connectivity index (χ1n) is 12.6. The molecule has 0 radical (unpaired) electrons. The number of benzene rings is 1. The number of nitrogens with zero attached hydrogens (tertiary/aromatic N) is 1. The minimum atomic E-state index is -0.733. The van der Waals surface area contributed by atoms with Gasteiger partial charge in [-0.05, 0) is 37.8 Å². The fraction of sp³-hybridized carbons (Fsp3) is 0.654. The highest BCUT2D eigenvalue weighted by Crippen LogP contribution is 2.68. The predicted molar refractivity (Wildman–Crippen MR) is 142 cm³/mol. The van der Waals surface area contributed by atoms with Crippen molar-refractivity contribution in [3.05, 3.63) is 30.3 Å². The van der Waals surface area contributed by atoms with Gasteiger partial charge in [-0.25, -0.2) is 0 Å². The van der Waals surface area contributed by atoms with Gasteiger partial charge in [0.15, 0.2) is 0 Å². The predicted octanol–water partition coefficient (Wildman–Crippen LogP) is 3.41. The van der Waals surface area contributed by atoms with Crippen molar-refractivity contribution >= 4 is 51.1 Å². The van der Waals surface area contributed by atoms with Gasteiger partial charge >= 0.3 is 0 Å². The number of likely N-dealkylation sites (tertiary alicyclic amines) is 1. The van der Waals surface area contributed by atoms with Crippen molar-refractivity contribution in [3.8, 4) is 0 Å². The second-order valence-electron chi connectivity index (χ2n) is 10.5. The van der Waals surface area contributed by atoms with E-state index in [-0.39, 0.29) is 46.4 Å². The second kappa shape index (κ2) is 10.4. The molecule has 3 fully saturated rings. The number of aliphatic hydroxyl groups is 1. The molecule has 4 unspecified atom stereocenters. The molecule has 0 saturated carbocycles. The third-order valence-corrected chi connectivity index (χ3v) is 11.0. The summed E-state index contributed by atoms with van der Waals surface area (Å²) in [6.07, 6.45) is 2.41. The van der Waals surface area contributed by atoms with Crippen molar-refractivity contribution in [1.29, 1.82) is 0 Å². The van der Waals surface area contributed by atoms with E-state index >= 15 is 0 Å². The number of anilines is 1. The van der Waals surface area contributed by atoms with Gasteiger partial charge in [-0.15, -0.1) is 11.8 Å². The van der Waals surface area contributed by atoms with E-state index in [0.717, 1.165) is 12.8 Å². The Kier molecular flexibility index (Phi) is 7.88. The van der Waals surface area contributed by atoms with Crippen molar-refractivity contribution in [3.63, 3.8) is 0 Å². The first-order valence-corrected chi connectivity index (χ1v) is 14.4. The number of thioether (sulfide) groups is 1. The fourth-order valence-corrected chi connectivity index (χ4v) is 9.82. The van der Waals surface area contributed by atoms with Gasteiger partial charge < -0.3 is 20.6 Å². The first-order chi connectivity index (χ1) is 16.7. The summed E-state index contributed by atoms with van der Waals surface area (Å²) < 4.78 is -0.715. The lowest BCUT2D eigenvalue weighted by molar-refractivity contribution is -0.143. The van der Waals surface area contributed by atoms with Gasteiger partial charge in [0.25, 0.3) is 0 Å². The molecule has 3 aliphatic heterocycles. The van der Waals surface area contributed by atoms with Gasteiger partial charge in [-0.3, -0.25) is 14.4 Å². The monoisotopic (exact) mass is 565 g/mol. The SMILES string of the molecule is CCCC(C)NC(=O)C1N([C@@H](CO)C(C)C)C(=O)[C@@H]2[C@@H](C(=O)Nc3ccccc3)[C@@H]3SC12CC3Br. The second-order valence-corrected chi connectivity index (χ2v) is 13.2. The zero-order valence-corrected chi connectivity index (χ0v) is 23.1. The third kappa shape index (κ3) is 4.53. The van der Waals surface area contributed by atoms with Gasteiger partial charge in [0.1, 0.15) is 6.04 Å². The van der Waals surface area contributed by atoms with Crippen LogP contribution in [0.3, 0.4) is 0 Å². The Labute approximate surface area is 220 Å². The highest BCUT2D eigenvalue weighted by atomic mass is 79.9. The summed E-state index contributed by atoms with van der Waals surface area (Å²) in [5.41, 5.74) is 0.686. The lowest BCUT2D eigenvalue weighted by Gasteiger charge is -2.39. The van der Waals surface area contributed by atoms with Crippen LogP contribution in [0.5, 0.6) is 0 Å². The molecule has 9 heteroatoms. The van der Waals surface area contributed by atoms with E-state index in [1.54, 1.807) is 16.7 Å². The topological polar surface area (TPSA) is 98.7 Å². The number of para-hydroxylation sites is 1. The van der Waals surface area contributed by atoms with Crippen LogP contribution >= 0.6 is 27.7 Å². The Morgan fingerprint density at radius 2 is 1.91 bits per heavy atom. The Balaban J connectivity index is 1.73. The largest absolute Gasteiger partial charge is 0.394 e. The molecule has 0 aromatic heterocycles. The molecule has 4 rings (SSSR count). The van der Waals surface area contributed by atoms with Gasteiger partial charge in [0, 0.05) is 21.8 Å². The number of carbonyl (C=O) groups excluding carboxylic acids is 3. The summed E-state index contributed by atoms with van der Waals surface area (Å²) in [7, 11) is 0. The van der Waals surface area contributed by atoms with Crippen LogP contribution in [0, 0.1) is 17.8 Å². The van der Waals surface area contributed by atoms with Crippen LogP contribution in [0.1, 0.15) is 47.0 Å². The Hall–Kier alpha value is -1.58. The van der Waals surface area contributed by atoms with Crippen LogP contribution < -0.4 is 10.6 Å². The van der Waals surface area contributed by atoms with Crippen LogP contribution in [0.15, 0.2) is 30.3 Å². The summed E-state index contributed by atoms with van der Waals surface area (Å²) in [4.78, 5) is 43.1. The van der Waals surface area contributed by atoms with Crippen LogP contribution in [0.25, 0.3) is 0 Å². The van der Waals surface area contributed by atoms with Crippen LogP contribution in [0.2, 0.25) is 0 Å². The van der Waals surface area contributed by atoms with Crippen LogP contribution in [-0.4, -0.2) is 67.3 Å². The number of carbonyl (C=O) groups is 3. The van der Waals surface area contributed by atoms with Crippen molar-refractivity contribution in [2.45, 2.75) is 79.9 Å². The average Bonchev–Trinajstić information content (AvgIpc) is 3.39. The smallest absolute Gasteiger partial charge is 0.244 e. The van der Waals surface area contributed by atoms with Crippen molar-refractivity contribution in [2.24, 2.45) is 17.8 Å². The van der Waals surface area contributed by atoms with E-state index in [1.807, 2.05) is 51.1 Å². The van der Waals surface area contributed by atoms with Crippen LogP contribution in [-0.2, 0) is 14.4 Å². The number of alkyl halides is 1. The van der Waals surface area contributed by atoms with E-state index in [0.29, 0.717) is 12.1 Å². The highest BCUT2D eigenvalue weighted by molar-refractivity contribution is 9.09. The molecule has 0 aliphatic carbocycles. The van der Waals surface area contributed by atoms with Gasteiger partial charge in [-0.2, -0.15) is 0 Å². The van der Waals surface area contributed by atoms with Crippen LogP contribution in [0.4, 0.5) is 5.69 Å². The fourth-order valence-electron chi connectivity index (χ4n) is 6.22. The maximum atomic E-state index is 14.1. The summed E-state index contributed by atoms with van der Waals surface area (Å²) in [6, 6.07) is 8.00. The molecule has 2 bridgehead atoms. The maximum absolute atomic E-state index is 14.1. The number of hydrogen-bond acceptors (Lipinski definition) is 5. The molecule has 3 amide bonds. The number of aliphatic hydroxyl groups excluding tert-OH is 1. The number of halogens is 1. The van der Waals surface area contributed by atoms with E-state index in [4.69, 9.17) is 0 Å². The Morgan fingerprint density at radius 3 is 2.51 bits per heavy atom. The number of fused-ring (bicyclic) bond motifs is 1. The molecule has 3 saturated heterocycles. The quantitative estimate of drug-likeness (QED) is 0.398. The standard InChI is InChI=1S/C26H36BrN3O4S/c1-5-9-15(4)28-24(33)22-26-12-17(27)21(35-26)19(23(32)29-16-10-7-6-8-11-16)20(26)25(34)30(22)18(13-31)14(2)3/h6-8,10-11,14-15,17-22,31H,5,9,12-13H2,1-4H3,(H,28,33)(H,29,32)/t15?,17?,18-,19+,20-,21+,22?,26?/m0/s1. The van der Waals surface area contributed by atoms with Gasteiger partial charge in [-0.1, -0.05) is 61.3 Å². The number of nitrogens with one attached hydrogen (secondary N) is 2. The minimum absolute atomic E-state index is 0.0121. The van der Waals surface area contributed by atoms with E-state index in [2.05, 4.69) is 33.5 Å². The molecule has 3 N–H and O–H groups in total. The van der Waals surface area contributed by atoms with Crippen molar-refractivity contribution < 1.29 is 19.5 Å². The molecule has 3 aliphatic rings. The molecule has 1 spiro atoms. The lowest BCUT2D eigenvalue weighted by Crippen LogP contribution is -2.58. The molecule has 192 valence electrons. The third-order valence-electron chi connectivity index (χ3n) is 7.74. The van der Waals surface area contributed by atoms with Crippen molar-refractivity contribution in [1.82, 2.24) is 10.2 Å². The molecule has 7 nitrogen and oxygen atoms in total. The summed E-state index contributed by atoms with van der Waals surface area (Å²) in [5.74, 6) is -1.78. The highest BCUT2D eigenvalue weighted by Gasteiger charge is 2.76. The van der Waals surface area contributed by atoms with Gasteiger partial charge in [0.05, 0.1) is 29.2 Å². The maximum Gasteiger partial charge on any atom is 0.244 e. The molecular weight excluding hydrogens is 530 g/mol. The summed E-state index contributed by atoms with van der Waals surface area (Å²) >= 11 is 5.40. The average molecular weight is 567 g/mol. The molecule has 3 heterocycles. The Bertz CT molecular complexity index is 963. The Morgan fingerprint density at radius 1 is 1.23 bits per heavy atom. The van der Waals surface area contributed by atoms with Gasteiger partial charge in [0.2, 0.25) is 17.7 Å². The van der Waals surface area contributed by atoms with E-state index < -0.39 is 28.7 Å². The van der Waals surface area contributed by atoms with Crippen molar-refractivity contribution in [2.75, 3.05) is 11.9 Å². The van der Waals surface area contributed by atoms with E-state index in [1.165, 1.54) is 0 Å². The molecule has 1 aromatic carbocycles. The molecular formula is C26H36BrN3O4S.